The Bertz CT molecular complexity index is 367. The molecule has 0 saturated carbocycles. The fourth-order valence-corrected chi connectivity index (χ4v) is 1.91. The van der Waals surface area contributed by atoms with Gasteiger partial charge in [-0.15, -0.1) is 0 Å². The van der Waals surface area contributed by atoms with E-state index in [0.29, 0.717) is 5.56 Å². The molecule has 16 heavy (non-hydrogen) atoms. The SMILES string of the molecule is CC(C)(C)C1OC1[C@H](O)c1ccc(F)cc1. The topological polar surface area (TPSA) is 32.8 Å². The lowest BCUT2D eigenvalue weighted by Crippen LogP contribution is -2.19. The number of rotatable bonds is 2. The molecule has 1 N–H and O–H groups in total. The number of benzene rings is 1. The smallest absolute Gasteiger partial charge is 0.123 e. The van der Waals surface area contributed by atoms with Gasteiger partial charge in [-0.05, 0) is 23.1 Å². The van der Waals surface area contributed by atoms with E-state index in [1.807, 2.05) is 0 Å². The molecule has 3 atom stereocenters. The minimum Gasteiger partial charge on any atom is -0.386 e. The number of hydrogen-bond donors (Lipinski definition) is 1. The van der Waals surface area contributed by atoms with Crippen molar-refractivity contribution in [3.05, 3.63) is 35.6 Å². The first-order valence-corrected chi connectivity index (χ1v) is 5.48. The summed E-state index contributed by atoms with van der Waals surface area (Å²) in [4.78, 5) is 0. The summed E-state index contributed by atoms with van der Waals surface area (Å²) in [5.74, 6) is -0.292. The van der Waals surface area contributed by atoms with Gasteiger partial charge >= 0.3 is 0 Å². The molecule has 0 radical (unpaired) electrons. The molecule has 1 aliphatic heterocycles. The van der Waals surface area contributed by atoms with Gasteiger partial charge in [0.15, 0.2) is 0 Å². The van der Waals surface area contributed by atoms with E-state index < -0.39 is 6.10 Å². The van der Waals surface area contributed by atoms with Crippen LogP contribution in [0.5, 0.6) is 0 Å². The van der Waals surface area contributed by atoms with Crippen LogP contribution >= 0.6 is 0 Å². The molecule has 1 aromatic carbocycles. The number of epoxide rings is 1. The maximum Gasteiger partial charge on any atom is 0.123 e. The van der Waals surface area contributed by atoms with E-state index in [4.69, 9.17) is 4.74 Å². The molecule has 88 valence electrons. The summed E-state index contributed by atoms with van der Waals surface area (Å²) in [6, 6.07) is 5.91. The summed E-state index contributed by atoms with van der Waals surface area (Å²) in [6.45, 7) is 6.24. The minimum absolute atomic E-state index is 0.0334. The predicted molar refractivity (Wildman–Crippen MR) is 59.5 cm³/mol. The molecule has 1 aromatic rings. The van der Waals surface area contributed by atoms with Gasteiger partial charge < -0.3 is 9.84 Å². The summed E-state index contributed by atoms with van der Waals surface area (Å²) < 4.78 is 18.2. The van der Waals surface area contributed by atoms with Crippen LogP contribution in [0.1, 0.15) is 32.4 Å². The third-order valence-corrected chi connectivity index (χ3v) is 2.90. The van der Waals surface area contributed by atoms with E-state index in [-0.39, 0.29) is 23.4 Å². The van der Waals surface area contributed by atoms with Crippen LogP contribution in [-0.2, 0) is 4.74 Å². The average Bonchev–Trinajstić information content (AvgIpc) is 2.96. The van der Waals surface area contributed by atoms with Crippen LogP contribution in [0.25, 0.3) is 0 Å². The largest absolute Gasteiger partial charge is 0.386 e. The van der Waals surface area contributed by atoms with Crippen molar-refractivity contribution >= 4 is 0 Å². The van der Waals surface area contributed by atoms with Crippen LogP contribution in [-0.4, -0.2) is 17.3 Å². The molecule has 2 rings (SSSR count). The third-order valence-electron chi connectivity index (χ3n) is 2.90. The Labute approximate surface area is 95.1 Å². The Morgan fingerprint density at radius 2 is 1.81 bits per heavy atom. The van der Waals surface area contributed by atoms with E-state index in [1.165, 1.54) is 12.1 Å². The van der Waals surface area contributed by atoms with E-state index in [2.05, 4.69) is 20.8 Å². The molecule has 0 spiro atoms. The summed E-state index contributed by atoms with van der Waals surface area (Å²) in [5.41, 5.74) is 0.740. The second-order valence-electron chi connectivity index (χ2n) is 5.38. The van der Waals surface area contributed by atoms with E-state index in [9.17, 15) is 9.50 Å². The number of hydrogen-bond acceptors (Lipinski definition) is 2. The highest BCUT2D eigenvalue weighted by Gasteiger charge is 2.51. The molecular formula is C13H17FO2. The van der Waals surface area contributed by atoms with Gasteiger partial charge in [-0.3, -0.25) is 0 Å². The van der Waals surface area contributed by atoms with Crippen molar-refractivity contribution in [2.75, 3.05) is 0 Å². The lowest BCUT2D eigenvalue weighted by molar-refractivity contribution is 0.136. The fourth-order valence-electron chi connectivity index (χ4n) is 1.91. The Balaban J connectivity index is 2.05. The van der Waals surface area contributed by atoms with Gasteiger partial charge in [0.05, 0.1) is 6.10 Å². The van der Waals surface area contributed by atoms with Crippen LogP contribution in [0.15, 0.2) is 24.3 Å². The first-order valence-electron chi connectivity index (χ1n) is 5.48. The van der Waals surface area contributed by atoms with Crippen LogP contribution in [0, 0.1) is 11.2 Å². The summed E-state index contributed by atoms with van der Waals surface area (Å²) in [5, 5.41) is 10.0. The number of halogens is 1. The molecule has 2 nitrogen and oxygen atoms in total. The van der Waals surface area contributed by atoms with Crippen molar-refractivity contribution in [1.29, 1.82) is 0 Å². The molecule has 0 bridgehead atoms. The quantitative estimate of drug-likeness (QED) is 0.783. The lowest BCUT2D eigenvalue weighted by atomic mass is 9.88. The van der Waals surface area contributed by atoms with Crippen molar-refractivity contribution in [2.45, 2.75) is 39.1 Å². The number of aliphatic hydroxyl groups is 1. The molecule has 0 amide bonds. The maximum absolute atomic E-state index is 12.7. The highest BCUT2D eigenvalue weighted by Crippen LogP contribution is 2.44. The standard InChI is InChI=1S/C13H17FO2/c1-13(2,3)12-11(16-12)10(15)8-4-6-9(14)7-5-8/h4-7,10-12,15H,1-3H3/t10-,11?,12?/m1/s1. The lowest BCUT2D eigenvalue weighted by Gasteiger charge is -2.16. The second-order valence-corrected chi connectivity index (χ2v) is 5.38. The molecule has 1 fully saturated rings. The minimum atomic E-state index is -0.662. The highest BCUT2D eigenvalue weighted by molar-refractivity contribution is 5.21. The van der Waals surface area contributed by atoms with Gasteiger partial charge in [-0.25, -0.2) is 4.39 Å². The summed E-state index contributed by atoms with van der Waals surface area (Å²) in [6.07, 6.45) is -0.747. The van der Waals surface area contributed by atoms with Crippen molar-refractivity contribution < 1.29 is 14.2 Å². The molecule has 2 unspecified atom stereocenters. The van der Waals surface area contributed by atoms with E-state index in [1.54, 1.807) is 12.1 Å². The zero-order valence-corrected chi connectivity index (χ0v) is 9.77. The zero-order valence-electron chi connectivity index (χ0n) is 9.77. The Hall–Kier alpha value is -0.930. The van der Waals surface area contributed by atoms with Gasteiger partial charge in [0.25, 0.3) is 0 Å². The Morgan fingerprint density at radius 1 is 1.25 bits per heavy atom. The third kappa shape index (κ3) is 2.25. The molecular weight excluding hydrogens is 207 g/mol. The first kappa shape index (κ1) is 11.6. The van der Waals surface area contributed by atoms with Crippen molar-refractivity contribution in [3.8, 4) is 0 Å². The van der Waals surface area contributed by atoms with Crippen molar-refractivity contribution in [3.63, 3.8) is 0 Å². The highest BCUT2D eigenvalue weighted by atomic mass is 19.1. The first-order chi connectivity index (χ1) is 7.39. The van der Waals surface area contributed by atoms with Crippen LogP contribution in [0.4, 0.5) is 4.39 Å². The molecule has 1 aliphatic rings. The van der Waals surface area contributed by atoms with Crippen LogP contribution in [0.2, 0.25) is 0 Å². The average molecular weight is 224 g/mol. The zero-order chi connectivity index (χ0) is 11.9. The Kier molecular flexibility index (Phi) is 2.76. The van der Waals surface area contributed by atoms with Gasteiger partial charge in [-0.1, -0.05) is 32.9 Å². The molecule has 1 heterocycles. The van der Waals surface area contributed by atoms with Crippen LogP contribution in [0.3, 0.4) is 0 Å². The van der Waals surface area contributed by atoms with Crippen LogP contribution < -0.4 is 0 Å². The maximum atomic E-state index is 12.7. The van der Waals surface area contributed by atoms with E-state index in [0.717, 1.165) is 0 Å². The van der Waals surface area contributed by atoms with Gasteiger partial charge in [0.1, 0.15) is 18.0 Å². The monoisotopic (exact) mass is 224 g/mol. The predicted octanol–water partition coefficient (Wildman–Crippen LogP) is 2.67. The normalized spacial score (nSPS) is 26.6. The molecule has 0 aromatic heterocycles. The van der Waals surface area contributed by atoms with E-state index >= 15 is 0 Å². The van der Waals surface area contributed by atoms with Crippen molar-refractivity contribution in [2.24, 2.45) is 5.41 Å². The van der Waals surface area contributed by atoms with Gasteiger partial charge in [0, 0.05) is 0 Å². The summed E-state index contributed by atoms with van der Waals surface area (Å²) >= 11 is 0. The Morgan fingerprint density at radius 3 is 2.25 bits per heavy atom. The number of aliphatic hydroxyl groups excluding tert-OH is 1. The molecule has 3 heteroatoms. The molecule has 0 aliphatic carbocycles. The fraction of sp³-hybridized carbons (Fsp3) is 0.538. The molecule has 1 saturated heterocycles. The van der Waals surface area contributed by atoms with Gasteiger partial charge in [-0.2, -0.15) is 0 Å². The van der Waals surface area contributed by atoms with Crippen molar-refractivity contribution in [1.82, 2.24) is 0 Å². The summed E-state index contributed by atoms with van der Waals surface area (Å²) in [7, 11) is 0. The second kappa shape index (κ2) is 3.82. The van der Waals surface area contributed by atoms with Gasteiger partial charge in [0.2, 0.25) is 0 Å². The number of ether oxygens (including phenoxy) is 1.